The van der Waals surface area contributed by atoms with Crippen molar-refractivity contribution in [3.63, 3.8) is 0 Å². The lowest BCUT2D eigenvalue weighted by molar-refractivity contribution is 0.449. The van der Waals surface area contributed by atoms with Crippen LogP contribution in [0.1, 0.15) is 52.1 Å². The van der Waals surface area contributed by atoms with Crippen molar-refractivity contribution in [2.75, 3.05) is 11.4 Å². The molecule has 1 fully saturated rings. The average Bonchev–Trinajstić information content (AvgIpc) is 2.45. The fourth-order valence-electron chi connectivity index (χ4n) is 2.81. The number of piperidine rings is 1. The topological polar surface area (TPSA) is 28.2 Å². The first kappa shape index (κ1) is 14.3. The van der Waals surface area contributed by atoms with E-state index in [0.29, 0.717) is 12.1 Å². The molecule has 2 heterocycles. The van der Waals surface area contributed by atoms with Crippen LogP contribution in [-0.4, -0.2) is 23.6 Å². The molecule has 0 saturated carbocycles. The van der Waals surface area contributed by atoms with Gasteiger partial charge in [0.2, 0.25) is 0 Å². The van der Waals surface area contributed by atoms with E-state index in [1.807, 2.05) is 6.20 Å². The number of hydrogen-bond donors (Lipinski definition) is 1. The Morgan fingerprint density at radius 2 is 2.26 bits per heavy atom. The van der Waals surface area contributed by atoms with Crippen molar-refractivity contribution in [3.05, 3.63) is 24.0 Å². The largest absolute Gasteiger partial charge is 0.368 e. The summed E-state index contributed by atoms with van der Waals surface area (Å²) in [5, 5.41) is 3.44. The van der Waals surface area contributed by atoms with Gasteiger partial charge in [0.25, 0.3) is 0 Å². The van der Waals surface area contributed by atoms with Crippen LogP contribution in [0, 0.1) is 0 Å². The zero-order valence-electron chi connectivity index (χ0n) is 12.5. The predicted molar refractivity (Wildman–Crippen MR) is 81.5 cm³/mol. The first-order valence-corrected chi connectivity index (χ1v) is 7.65. The van der Waals surface area contributed by atoms with Gasteiger partial charge < -0.3 is 10.2 Å². The lowest BCUT2D eigenvalue weighted by Gasteiger charge is -2.37. The van der Waals surface area contributed by atoms with Crippen LogP contribution in [0.4, 0.5) is 5.69 Å². The molecule has 0 bridgehead atoms. The normalized spacial score (nSPS) is 20.0. The van der Waals surface area contributed by atoms with E-state index in [1.165, 1.54) is 37.9 Å². The second-order valence-electron chi connectivity index (χ2n) is 5.79. The molecule has 1 aliphatic heterocycles. The summed E-state index contributed by atoms with van der Waals surface area (Å²) in [6.45, 7) is 8.68. The molecule has 1 aromatic heterocycles. The smallest absolute Gasteiger partial charge is 0.0562 e. The van der Waals surface area contributed by atoms with Crippen molar-refractivity contribution in [2.24, 2.45) is 0 Å². The van der Waals surface area contributed by atoms with Gasteiger partial charge in [0, 0.05) is 37.1 Å². The van der Waals surface area contributed by atoms with Gasteiger partial charge in [0.15, 0.2) is 0 Å². The van der Waals surface area contributed by atoms with Crippen LogP contribution in [-0.2, 0) is 6.54 Å². The summed E-state index contributed by atoms with van der Waals surface area (Å²) in [5.41, 5.74) is 2.49. The maximum atomic E-state index is 4.47. The van der Waals surface area contributed by atoms with Crippen LogP contribution in [0.2, 0.25) is 0 Å². The summed E-state index contributed by atoms with van der Waals surface area (Å²) in [6.07, 6.45) is 7.22. The Balaban J connectivity index is 2.08. The van der Waals surface area contributed by atoms with Crippen LogP contribution >= 0.6 is 0 Å². The third kappa shape index (κ3) is 3.93. The first-order valence-electron chi connectivity index (χ1n) is 7.65. The van der Waals surface area contributed by atoms with Gasteiger partial charge in [-0.25, -0.2) is 0 Å². The standard InChI is InChI=1S/C16H27N3/c1-4-15-7-5-6-10-19(15)16-8-9-17-14(11-16)12-18-13(2)3/h8-9,11,13,15,18H,4-7,10,12H2,1-3H3. The van der Waals surface area contributed by atoms with E-state index in [0.717, 1.165) is 12.2 Å². The minimum Gasteiger partial charge on any atom is -0.368 e. The van der Waals surface area contributed by atoms with Gasteiger partial charge in [-0.15, -0.1) is 0 Å². The van der Waals surface area contributed by atoms with Crippen LogP contribution in [0.25, 0.3) is 0 Å². The molecule has 0 radical (unpaired) electrons. The molecule has 3 nitrogen and oxygen atoms in total. The minimum absolute atomic E-state index is 0.504. The Morgan fingerprint density at radius 1 is 1.42 bits per heavy atom. The van der Waals surface area contributed by atoms with Gasteiger partial charge in [-0.05, 0) is 37.8 Å². The molecule has 0 spiro atoms. The molecule has 3 heteroatoms. The average molecular weight is 261 g/mol. The molecule has 1 N–H and O–H groups in total. The highest BCUT2D eigenvalue weighted by atomic mass is 15.2. The zero-order chi connectivity index (χ0) is 13.7. The van der Waals surface area contributed by atoms with E-state index < -0.39 is 0 Å². The van der Waals surface area contributed by atoms with Crippen LogP contribution in [0.3, 0.4) is 0 Å². The molecule has 106 valence electrons. The zero-order valence-corrected chi connectivity index (χ0v) is 12.5. The minimum atomic E-state index is 0.504. The van der Waals surface area contributed by atoms with Gasteiger partial charge in [-0.1, -0.05) is 20.8 Å². The highest BCUT2D eigenvalue weighted by Crippen LogP contribution is 2.26. The molecule has 0 aromatic carbocycles. The van der Waals surface area contributed by atoms with Crippen molar-refractivity contribution < 1.29 is 0 Å². The lowest BCUT2D eigenvalue weighted by atomic mass is 9.99. The molecule has 19 heavy (non-hydrogen) atoms. The van der Waals surface area contributed by atoms with Crippen LogP contribution in [0.5, 0.6) is 0 Å². The first-order chi connectivity index (χ1) is 9.20. The maximum absolute atomic E-state index is 4.47. The number of aromatic nitrogens is 1. The number of anilines is 1. The van der Waals surface area contributed by atoms with Gasteiger partial charge in [0.05, 0.1) is 5.69 Å². The number of pyridine rings is 1. The fraction of sp³-hybridized carbons (Fsp3) is 0.688. The van der Waals surface area contributed by atoms with E-state index in [9.17, 15) is 0 Å². The summed E-state index contributed by atoms with van der Waals surface area (Å²) < 4.78 is 0. The van der Waals surface area contributed by atoms with Crippen molar-refractivity contribution in [3.8, 4) is 0 Å². The third-order valence-corrected chi connectivity index (χ3v) is 3.92. The second-order valence-corrected chi connectivity index (χ2v) is 5.79. The van der Waals surface area contributed by atoms with Crippen molar-refractivity contribution in [1.82, 2.24) is 10.3 Å². The highest BCUT2D eigenvalue weighted by Gasteiger charge is 2.21. The van der Waals surface area contributed by atoms with Gasteiger partial charge in [0.1, 0.15) is 0 Å². The summed E-state index contributed by atoms with van der Waals surface area (Å²) in [7, 11) is 0. The van der Waals surface area contributed by atoms with Crippen molar-refractivity contribution >= 4 is 5.69 Å². The summed E-state index contributed by atoms with van der Waals surface area (Å²) in [4.78, 5) is 7.04. The van der Waals surface area contributed by atoms with E-state index in [4.69, 9.17) is 0 Å². The number of hydrogen-bond acceptors (Lipinski definition) is 3. The Kier molecular flexibility index (Phi) is 5.20. The summed E-state index contributed by atoms with van der Waals surface area (Å²) in [6, 6.07) is 5.63. The Labute approximate surface area is 117 Å². The SMILES string of the molecule is CCC1CCCCN1c1ccnc(CNC(C)C)c1. The molecule has 1 atom stereocenters. The Bertz CT molecular complexity index is 389. The fourth-order valence-corrected chi connectivity index (χ4v) is 2.81. The van der Waals surface area contributed by atoms with E-state index >= 15 is 0 Å². The van der Waals surface area contributed by atoms with Crippen LogP contribution in [0.15, 0.2) is 18.3 Å². The van der Waals surface area contributed by atoms with Crippen molar-refractivity contribution in [1.29, 1.82) is 0 Å². The summed E-state index contributed by atoms with van der Waals surface area (Å²) >= 11 is 0. The monoisotopic (exact) mass is 261 g/mol. The Hall–Kier alpha value is -1.09. The van der Waals surface area contributed by atoms with Crippen LogP contribution < -0.4 is 10.2 Å². The molecule has 2 rings (SSSR count). The lowest BCUT2D eigenvalue weighted by Crippen LogP contribution is -2.39. The van der Waals surface area contributed by atoms with E-state index in [2.05, 4.69) is 48.1 Å². The van der Waals surface area contributed by atoms with E-state index in [-0.39, 0.29) is 0 Å². The molecular weight excluding hydrogens is 234 g/mol. The molecule has 1 saturated heterocycles. The molecule has 0 amide bonds. The number of rotatable bonds is 5. The maximum Gasteiger partial charge on any atom is 0.0562 e. The molecular formula is C16H27N3. The third-order valence-electron chi connectivity index (χ3n) is 3.92. The van der Waals surface area contributed by atoms with Crippen molar-refractivity contribution in [2.45, 2.75) is 65.1 Å². The van der Waals surface area contributed by atoms with E-state index in [1.54, 1.807) is 0 Å². The summed E-state index contributed by atoms with van der Waals surface area (Å²) in [5.74, 6) is 0. The predicted octanol–water partition coefficient (Wildman–Crippen LogP) is 3.35. The quantitative estimate of drug-likeness (QED) is 0.881. The Morgan fingerprint density at radius 3 is 3.00 bits per heavy atom. The van der Waals surface area contributed by atoms with Gasteiger partial charge in [-0.2, -0.15) is 0 Å². The van der Waals surface area contributed by atoms with Gasteiger partial charge in [-0.3, -0.25) is 4.98 Å². The number of nitrogens with one attached hydrogen (secondary N) is 1. The molecule has 1 aliphatic rings. The highest BCUT2D eigenvalue weighted by molar-refractivity contribution is 5.48. The molecule has 0 aliphatic carbocycles. The molecule has 1 unspecified atom stereocenters. The number of nitrogens with zero attached hydrogens (tertiary/aromatic N) is 2. The second kappa shape index (κ2) is 6.90. The van der Waals surface area contributed by atoms with Gasteiger partial charge >= 0.3 is 0 Å². The molecule has 1 aromatic rings.